The van der Waals surface area contributed by atoms with Gasteiger partial charge < -0.3 is 23.8 Å². The zero-order valence-electron chi connectivity index (χ0n) is 23.0. The summed E-state index contributed by atoms with van der Waals surface area (Å²) in [5, 5.41) is 1.44. The Morgan fingerprint density at radius 2 is 1.69 bits per heavy atom. The number of hydrogen-bond donors (Lipinski definition) is 0. The van der Waals surface area contributed by atoms with Crippen molar-refractivity contribution in [2.45, 2.75) is 74.1 Å². The molecular formula is C29H37NO5S3Si. The van der Waals surface area contributed by atoms with Crippen molar-refractivity contribution in [3.05, 3.63) is 60.7 Å². The summed E-state index contributed by atoms with van der Waals surface area (Å²) < 4.78 is 24.1. The highest BCUT2D eigenvalue weighted by molar-refractivity contribution is 8.21. The molecule has 0 spiro atoms. The van der Waals surface area contributed by atoms with Crippen LogP contribution in [0.15, 0.2) is 60.7 Å². The summed E-state index contributed by atoms with van der Waals surface area (Å²) >= 11 is 9.69. The van der Waals surface area contributed by atoms with Crippen LogP contribution in [0.2, 0.25) is 13.1 Å². The molecule has 3 atom stereocenters. The van der Waals surface area contributed by atoms with Gasteiger partial charge in [0.1, 0.15) is 13.8 Å². The van der Waals surface area contributed by atoms with Crippen LogP contribution in [0.25, 0.3) is 0 Å². The van der Waals surface area contributed by atoms with Gasteiger partial charge in [-0.1, -0.05) is 66.8 Å². The van der Waals surface area contributed by atoms with Gasteiger partial charge >= 0.3 is 5.24 Å². The smallest absolute Gasteiger partial charge is 0.359 e. The van der Waals surface area contributed by atoms with Crippen LogP contribution in [0.4, 0.5) is 0 Å². The number of benzene rings is 2. The Bertz CT molecular complexity index is 1160. The maximum absolute atomic E-state index is 13.6. The van der Waals surface area contributed by atoms with Crippen LogP contribution in [0.5, 0.6) is 5.75 Å². The van der Waals surface area contributed by atoms with Gasteiger partial charge in [-0.15, -0.1) is 23.5 Å². The van der Waals surface area contributed by atoms with Crippen molar-refractivity contribution in [3.63, 3.8) is 0 Å². The molecule has 10 heteroatoms. The largest absolute Gasteiger partial charge is 0.429 e. The molecule has 3 aliphatic heterocycles. The van der Waals surface area contributed by atoms with E-state index in [1.807, 2.05) is 44.2 Å². The van der Waals surface area contributed by atoms with Crippen molar-refractivity contribution in [1.29, 1.82) is 0 Å². The zero-order chi connectivity index (χ0) is 27.7. The second kappa shape index (κ2) is 11.7. The van der Waals surface area contributed by atoms with Crippen LogP contribution >= 0.6 is 35.7 Å². The van der Waals surface area contributed by atoms with E-state index < -0.39 is 32.3 Å². The van der Waals surface area contributed by atoms with Crippen LogP contribution in [-0.2, 0) is 19.0 Å². The number of ether oxygens (including phenoxy) is 4. The molecule has 5 rings (SSSR count). The predicted molar refractivity (Wildman–Crippen MR) is 165 cm³/mol. The first-order valence-corrected chi connectivity index (χ1v) is 18.9. The molecule has 3 heterocycles. The number of carbonyl (C=O) groups is 1. The fraction of sp³-hybridized carbons (Fsp3) is 0.517. The van der Waals surface area contributed by atoms with E-state index in [-0.39, 0.29) is 14.8 Å². The lowest BCUT2D eigenvalue weighted by atomic mass is 10.2. The van der Waals surface area contributed by atoms with Gasteiger partial charge in [0, 0.05) is 18.8 Å². The molecule has 0 aromatic heterocycles. The Morgan fingerprint density at radius 1 is 1.05 bits per heavy atom. The molecular weight excluding hydrogens is 567 g/mol. The molecule has 39 heavy (non-hydrogen) atoms. The van der Waals surface area contributed by atoms with Crippen molar-refractivity contribution in [3.8, 4) is 5.75 Å². The zero-order valence-corrected chi connectivity index (χ0v) is 26.4. The average Bonchev–Trinajstić information content (AvgIpc) is 3.36. The fourth-order valence-electron chi connectivity index (χ4n) is 5.68. The third-order valence-electron chi connectivity index (χ3n) is 7.72. The van der Waals surface area contributed by atoms with Crippen molar-refractivity contribution in [2.24, 2.45) is 0 Å². The molecule has 0 N–H and O–H groups in total. The molecule has 2 aromatic rings. The van der Waals surface area contributed by atoms with Crippen LogP contribution in [0.3, 0.4) is 0 Å². The number of thiocarbonyl (C=S) groups is 1. The number of fused-ring (bicyclic) bond motifs is 1. The molecule has 0 unspecified atom stereocenters. The third-order valence-corrected chi connectivity index (χ3v) is 18.8. The molecule has 3 aliphatic rings. The van der Waals surface area contributed by atoms with Crippen LogP contribution < -0.4 is 9.92 Å². The summed E-state index contributed by atoms with van der Waals surface area (Å²) in [7, 11) is -1.85. The van der Waals surface area contributed by atoms with Crippen molar-refractivity contribution < 1.29 is 23.7 Å². The van der Waals surface area contributed by atoms with E-state index in [2.05, 4.69) is 66.9 Å². The van der Waals surface area contributed by atoms with Gasteiger partial charge in [-0.05, 0) is 56.7 Å². The minimum absolute atomic E-state index is 0.0366. The van der Waals surface area contributed by atoms with Gasteiger partial charge in [-0.25, -0.2) is 0 Å². The average molecular weight is 604 g/mol. The minimum atomic E-state index is -1.85. The van der Waals surface area contributed by atoms with Gasteiger partial charge in [-0.3, -0.25) is 4.79 Å². The molecule has 0 aliphatic carbocycles. The summed E-state index contributed by atoms with van der Waals surface area (Å²) in [6.45, 7) is 9.16. The number of amides is 1. The molecule has 0 radical (unpaired) electrons. The maximum atomic E-state index is 13.6. The van der Waals surface area contributed by atoms with Crippen molar-refractivity contribution in [1.82, 2.24) is 4.90 Å². The molecule has 3 fully saturated rings. The highest BCUT2D eigenvalue weighted by Gasteiger charge is 2.59. The van der Waals surface area contributed by atoms with E-state index in [1.165, 1.54) is 23.1 Å². The first-order chi connectivity index (χ1) is 18.6. The van der Waals surface area contributed by atoms with Gasteiger partial charge in [0.25, 0.3) is 5.91 Å². The Labute approximate surface area is 246 Å². The third kappa shape index (κ3) is 6.06. The number of nitrogens with zero attached hydrogens (tertiary/aromatic N) is 1. The molecule has 1 amide bonds. The standard InChI is InChI=1S/C29H37NO5S3Si/c1-28(2)34-23-24(35-28)26(33-27(36)32-21-13-7-5-8-14-21)30(25(23)31)18-11-17-29(37-19-12-20-38-29)39(3,4)22-15-9-6-10-16-22/h5-10,13-16,23-24,26H,11-12,17-20H2,1-4H3/t23-,24+,26-/m1/s1. The first kappa shape index (κ1) is 28.9. The van der Waals surface area contributed by atoms with E-state index in [0.717, 1.165) is 12.8 Å². The summed E-state index contributed by atoms with van der Waals surface area (Å²) in [4.78, 5) is 15.3. The Morgan fingerprint density at radius 3 is 2.36 bits per heavy atom. The van der Waals surface area contributed by atoms with E-state index in [0.29, 0.717) is 12.3 Å². The van der Waals surface area contributed by atoms with Crippen molar-refractivity contribution in [2.75, 3.05) is 18.1 Å². The Balaban J connectivity index is 1.31. The van der Waals surface area contributed by atoms with Crippen molar-refractivity contribution >= 4 is 60.1 Å². The van der Waals surface area contributed by atoms with Gasteiger partial charge in [0.15, 0.2) is 18.0 Å². The maximum Gasteiger partial charge on any atom is 0.359 e. The lowest BCUT2D eigenvalue weighted by Crippen LogP contribution is -2.59. The second-order valence-corrected chi connectivity index (χ2v) is 19.9. The van der Waals surface area contributed by atoms with E-state index in [4.69, 9.17) is 31.2 Å². The summed E-state index contributed by atoms with van der Waals surface area (Å²) in [6.07, 6.45) is 1.11. The molecule has 210 valence electrons. The van der Waals surface area contributed by atoms with Crippen LogP contribution in [-0.4, -0.2) is 70.1 Å². The number of carbonyl (C=O) groups excluding carboxylic acids is 1. The topological polar surface area (TPSA) is 57.2 Å². The molecule has 0 bridgehead atoms. The summed E-state index contributed by atoms with van der Waals surface area (Å²) in [5.41, 5.74) is 0. The van der Waals surface area contributed by atoms with Crippen LogP contribution in [0, 0.1) is 0 Å². The lowest BCUT2D eigenvalue weighted by molar-refractivity contribution is -0.185. The summed E-state index contributed by atoms with van der Waals surface area (Å²) in [5.74, 6) is 1.95. The molecule has 2 aromatic carbocycles. The van der Waals surface area contributed by atoms with Gasteiger partial charge in [0.05, 0.1) is 3.70 Å². The predicted octanol–water partition coefficient (Wildman–Crippen LogP) is 5.56. The number of rotatable bonds is 8. The number of likely N-dealkylation sites (tertiary alicyclic amines) is 1. The molecule has 3 saturated heterocycles. The van der Waals surface area contributed by atoms with Crippen LogP contribution in [0.1, 0.15) is 33.1 Å². The monoisotopic (exact) mass is 603 g/mol. The van der Waals surface area contributed by atoms with E-state index in [9.17, 15) is 4.79 Å². The number of para-hydroxylation sites is 1. The SMILES string of the molecule is CC1(C)O[C@@H]2[C@@H](OC(=S)Oc3ccccc3)N(CCCC3([Si](C)(C)c4ccccc4)SCCCS3)C(=O)[C@@H]2O1. The number of hydrogen-bond acceptors (Lipinski definition) is 8. The summed E-state index contributed by atoms with van der Waals surface area (Å²) in [6, 6.07) is 20.3. The van der Waals surface area contributed by atoms with E-state index in [1.54, 1.807) is 4.90 Å². The van der Waals surface area contributed by atoms with Gasteiger partial charge in [-0.2, -0.15) is 0 Å². The Kier molecular flexibility index (Phi) is 8.71. The Hall–Kier alpha value is -1.56. The molecule has 6 nitrogen and oxygen atoms in total. The second-order valence-electron chi connectivity index (χ2n) is 11.1. The first-order valence-electron chi connectivity index (χ1n) is 13.5. The lowest BCUT2D eigenvalue weighted by Gasteiger charge is -2.47. The minimum Gasteiger partial charge on any atom is -0.429 e. The van der Waals surface area contributed by atoms with Gasteiger partial charge in [0.2, 0.25) is 6.23 Å². The molecule has 0 saturated carbocycles. The number of thioether (sulfide) groups is 2. The normalized spacial score (nSPS) is 25.8. The fourth-order valence-corrected chi connectivity index (χ4v) is 15.2. The van der Waals surface area contributed by atoms with E-state index >= 15 is 0 Å². The highest BCUT2D eigenvalue weighted by atomic mass is 32.2. The quantitative estimate of drug-likeness (QED) is 0.287. The highest BCUT2D eigenvalue weighted by Crippen LogP contribution is 2.51.